The summed E-state index contributed by atoms with van der Waals surface area (Å²) in [5.41, 5.74) is 3.75. The molecule has 0 aliphatic rings. The van der Waals surface area contributed by atoms with Crippen LogP contribution in [0.2, 0.25) is 0 Å². The Morgan fingerprint density at radius 1 is 1.26 bits per heavy atom. The minimum atomic E-state index is -3.96. The Labute approximate surface area is 109 Å². The molecule has 8 heteroatoms. The first-order valence-corrected chi connectivity index (χ1v) is 6.79. The Morgan fingerprint density at radius 2 is 1.95 bits per heavy atom. The third-order valence-corrected chi connectivity index (χ3v) is 3.59. The van der Waals surface area contributed by atoms with Gasteiger partial charge in [-0.25, -0.2) is 12.8 Å². The van der Waals surface area contributed by atoms with Crippen molar-refractivity contribution in [2.24, 2.45) is 0 Å². The van der Waals surface area contributed by atoms with Crippen LogP contribution in [-0.2, 0) is 16.6 Å². The standard InChI is InChI=1S/C11H10FN4O2S/c12-10-3-2-9(6-8(10)7-13)19(17,18)16-11-14-4-1-5-15-11/h1-6H,7,13H2/q-1/p+1. The summed E-state index contributed by atoms with van der Waals surface area (Å²) >= 11 is 0. The molecule has 0 saturated heterocycles. The number of rotatable bonds is 4. The SMILES string of the molecule is [NH3+]Cc1cc(S(=O)(=O)[N-]c2ncccn2)ccc1F. The molecular formula is C11H11FN4O2S. The van der Waals surface area contributed by atoms with E-state index in [9.17, 15) is 12.8 Å². The van der Waals surface area contributed by atoms with Crippen LogP contribution in [0.5, 0.6) is 0 Å². The number of benzene rings is 1. The molecule has 2 rings (SSSR count). The number of sulfonamides is 1. The van der Waals surface area contributed by atoms with Crippen LogP contribution in [0.4, 0.5) is 10.3 Å². The van der Waals surface area contributed by atoms with E-state index < -0.39 is 15.8 Å². The van der Waals surface area contributed by atoms with E-state index in [0.717, 1.165) is 12.1 Å². The lowest BCUT2D eigenvalue weighted by atomic mass is 10.2. The van der Waals surface area contributed by atoms with Gasteiger partial charge in [0.25, 0.3) is 0 Å². The van der Waals surface area contributed by atoms with Gasteiger partial charge in [0.1, 0.15) is 12.4 Å². The predicted molar refractivity (Wildman–Crippen MR) is 65.2 cm³/mol. The zero-order valence-electron chi connectivity index (χ0n) is 9.82. The second kappa shape index (κ2) is 5.29. The summed E-state index contributed by atoms with van der Waals surface area (Å²) in [4.78, 5) is 7.30. The number of halogens is 1. The Hall–Kier alpha value is -2.06. The lowest BCUT2D eigenvalue weighted by molar-refractivity contribution is -0.387. The van der Waals surface area contributed by atoms with Crippen molar-refractivity contribution in [3.63, 3.8) is 0 Å². The first-order chi connectivity index (χ1) is 9.03. The minimum absolute atomic E-state index is 0.111. The molecule has 100 valence electrons. The monoisotopic (exact) mass is 282 g/mol. The molecule has 0 amide bonds. The van der Waals surface area contributed by atoms with E-state index in [1.54, 1.807) is 6.07 Å². The average molecular weight is 282 g/mol. The molecule has 0 aliphatic carbocycles. The summed E-state index contributed by atoms with van der Waals surface area (Å²) in [6.45, 7) is 0.150. The highest BCUT2D eigenvalue weighted by molar-refractivity contribution is 7.94. The van der Waals surface area contributed by atoms with Crippen molar-refractivity contribution in [2.45, 2.75) is 11.4 Å². The van der Waals surface area contributed by atoms with Gasteiger partial charge in [0, 0.05) is 11.5 Å². The van der Waals surface area contributed by atoms with Crippen LogP contribution in [0.3, 0.4) is 0 Å². The summed E-state index contributed by atoms with van der Waals surface area (Å²) < 4.78 is 40.8. The van der Waals surface area contributed by atoms with E-state index in [2.05, 4.69) is 20.4 Å². The lowest BCUT2D eigenvalue weighted by Crippen LogP contribution is -2.47. The van der Waals surface area contributed by atoms with Gasteiger partial charge in [-0.1, -0.05) is 6.07 Å². The summed E-state index contributed by atoms with van der Waals surface area (Å²) in [6, 6.07) is 4.99. The zero-order valence-corrected chi connectivity index (χ0v) is 10.6. The van der Waals surface area contributed by atoms with Gasteiger partial charge >= 0.3 is 0 Å². The van der Waals surface area contributed by atoms with Crippen molar-refractivity contribution in [2.75, 3.05) is 0 Å². The van der Waals surface area contributed by atoms with E-state index in [1.165, 1.54) is 18.5 Å². The maximum Gasteiger partial charge on any atom is 0.229 e. The normalized spacial score (nSPS) is 11.3. The first-order valence-electron chi connectivity index (χ1n) is 5.35. The predicted octanol–water partition coefficient (Wildman–Crippen LogP) is 0.752. The van der Waals surface area contributed by atoms with Crippen molar-refractivity contribution in [1.82, 2.24) is 9.97 Å². The van der Waals surface area contributed by atoms with Crippen molar-refractivity contribution < 1.29 is 18.5 Å². The molecular weight excluding hydrogens is 271 g/mol. The third-order valence-electron chi connectivity index (χ3n) is 2.34. The Bertz CT molecular complexity index is 676. The fraction of sp³-hybridized carbons (Fsp3) is 0.0909. The van der Waals surface area contributed by atoms with Gasteiger partial charge in [-0.15, -0.1) is 0 Å². The second-order valence-corrected chi connectivity index (χ2v) is 5.22. The molecule has 19 heavy (non-hydrogen) atoms. The minimum Gasteiger partial charge on any atom is -0.366 e. The maximum absolute atomic E-state index is 13.3. The molecule has 0 radical (unpaired) electrons. The average Bonchev–Trinajstić information content (AvgIpc) is 2.39. The topological polar surface area (TPSA) is 102 Å². The summed E-state index contributed by atoms with van der Waals surface area (Å²) in [5, 5.41) is 0. The molecule has 0 aliphatic heterocycles. The fourth-order valence-corrected chi connectivity index (χ4v) is 2.35. The Kier molecular flexibility index (Phi) is 3.72. The quantitative estimate of drug-likeness (QED) is 0.893. The van der Waals surface area contributed by atoms with E-state index in [-0.39, 0.29) is 23.0 Å². The van der Waals surface area contributed by atoms with Crippen LogP contribution in [-0.4, -0.2) is 18.4 Å². The van der Waals surface area contributed by atoms with Crippen LogP contribution in [0.15, 0.2) is 41.6 Å². The number of hydrogen-bond acceptors (Lipinski definition) is 4. The molecule has 0 unspecified atom stereocenters. The molecule has 0 bridgehead atoms. The Balaban J connectivity index is 2.35. The fourth-order valence-electron chi connectivity index (χ4n) is 1.40. The zero-order chi connectivity index (χ0) is 13.9. The van der Waals surface area contributed by atoms with Crippen LogP contribution in [0.1, 0.15) is 5.56 Å². The highest BCUT2D eigenvalue weighted by atomic mass is 32.2. The molecule has 6 nitrogen and oxygen atoms in total. The smallest absolute Gasteiger partial charge is 0.229 e. The number of hydrogen-bond donors (Lipinski definition) is 1. The maximum atomic E-state index is 13.3. The van der Waals surface area contributed by atoms with Gasteiger partial charge in [0.15, 0.2) is 0 Å². The first kappa shape index (κ1) is 13.4. The van der Waals surface area contributed by atoms with E-state index in [0.29, 0.717) is 0 Å². The van der Waals surface area contributed by atoms with E-state index in [4.69, 9.17) is 0 Å². The highest BCUT2D eigenvalue weighted by Gasteiger charge is 2.14. The third kappa shape index (κ3) is 3.04. The highest BCUT2D eigenvalue weighted by Crippen LogP contribution is 2.24. The van der Waals surface area contributed by atoms with Crippen molar-refractivity contribution in [3.8, 4) is 0 Å². The van der Waals surface area contributed by atoms with Gasteiger partial charge in [0.05, 0.1) is 4.90 Å². The summed E-state index contributed by atoms with van der Waals surface area (Å²) in [5.74, 6) is -0.659. The van der Waals surface area contributed by atoms with Gasteiger partial charge in [-0.2, -0.15) is 0 Å². The number of quaternary nitrogens is 1. The van der Waals surface area contributed by atoms with E-state index in [1.807, 2.05) is 0 Å². The van der Waals surface area contributed by atoms with Crippen LogP contribution in [0, 0.1) is 5.82 Å². The molecule has 0 atom stereocenters. The molecule has 0 fully saturated rings. The molecule has 3 N–H and O–H groups in total. The van der Waals surface area contributed by atoms with E-state index >= 15 is 0 Å². The van der Waals surface area contributed by atoms with Crippen molar-refractivity contribution in [3.05, 3.63) is 52.8 Å². The van der Waals surface area contributed by atoms with Gasteiger partial charge in [-0.3, -0.25) is 4.72 Å². The van der Waals surface area contributed by atoms with Crippen LogP contribution in [0.25, 0.3) is 4.72 Å². The van der Waals surface area contributed by atoms with Gasteiger partial charge in [-0.05, 0) is 30.6 Å². The van der Waals surface area contributed by atoms with Crippen LogP contribution >= 0.6 is 0 Å². The molecule has 0 saturated carbocycles. The lowest BCUT2D eigenvalue weighted by Gasteiger charge is -2.12. The van der Waals surface area contributed by atoms with Crippen molar-refractivity contribution >= 4 is 16.0 Å². The molecule has 1 aromatic carbocycles. The van der Waals surface area contributed by atoms with Gasteiger partial charge < -0.3 is 15.7 Å². The summed E-state index contributed by atoms with van der Waals surface area (Å²) in [6.07, 6.45) is 2.76. The molecule has 1 heterocycles. The Morgan fingerprint density at radius 3 is 2.58 bits per heavy atom. The summed E-state index contributed by atoms with van der Waals surface area (Å²) in [7, 11) is -3.96. The number of nitrogens with zero attached hydrogens (tertiary/aromatic N) is 3. The number of aromatic nitrogens is 2. The largest absolute Gasteiger partial charge is 0.366 e. The molecule has 1 aromatic heterocycles. The molecule has 0 spiro atoms. The van der Waals surface area contributed by atoms with Gasteiger partial charge in [0.2, 0.25) is 10.0 Å². The van der Waals surface area contributed by atoms with Crippen LogP contribution < -0.4 is 5.73 Å². The second-order valence-electron chi connectivity index (χ2n) is 3.62. The van der Waals surface area contributed by atoms with Crippen molar-refractivity contribution in [1.29, 1.82) is 0 Å². The molecule has 2 aromatic rings.